The van der Waals surface area contributed by atoms with Crippen LogP contribution in [-0.4, -0.2) is 5.91 Å². The molecule has 1 amide bonds. The Labute approximate surface area is 123 Å². The molecule has 2 aromatic carbocycles. The summed E-state index contributed by atoms with van der Waals surface area (Å²) in [6.45, 7) is 1.82. The summed E-state index contributed by atoms with van der Waals surface area (Å²) in [5.74, 6) is -0.930. The van der Waals surface area contributed by atoms with Crippen molar-refractivity contribution < 1.29 is 9.18 Å². The topological polar surface area (TPSA) is 29.1 Å². The average molecular weight is 343 g/mol. The average Bonchev–Trinajstić information content (AvgIpc) is 2.36. The fourth-order valence-electron chi connectivity index (χ4n) is 1.60. The van der Waals surface area contributed by atoms with Gasteiger partial charge in [-0.2, -0.15) is 0 Å². The lowest BCUT2D eigenvalue weighted by atomic mass is 10.2. The molecule has 0 radical (unpaired) electrons. The summed E-state index contributed by atoms with van der Waals surface area (Å²) in [5, 5.41) is 2.83. The maximum absolute atomic E-state index is 13.6. The summed E-state index contributed by atoms with van der Waals surface area (Å²) in [4.78, 5) is 12.1. The van der Waals surface area contributed by atoms with E-state index in [2.05, 4.69) is 21.2 Å². The minimum atomic E-state index is -0.481. The van der Waals surface area contributed by atoms with Crippen molar-refractivity contribution >= 4 is 39.1 Å². The number of benzene rings is 2. The monoisotopic (exact) mass is 341 g/mol. The van der Waals surface area contributed by atoms with Crippen LogP contribution in [0.25, 0.3) is 0 Å². The molecule has 0 aliphatic heterocycles. The molecule has 0 aliphatic rings. The molecule has 0 heterocycles. The molecule has 0 saturated heterocycles. The van der Waals surface area contributed by atoms with E-state index < -0.39 is 11.7 Å². The molecule has 1 N–H and O–H groups in total. The van der Waals surface area contributed by atoms with Crippen molar-refractivity contribution in [1.82, 2.24) is 0 Å². The Morgan fingerprint density at radius 1 is 1.26 bits per heavy atom. The first kappa shape index (κ1) is 14.0. The van der Waals surface area contributed by atoms with Crippen molar-refractivity contribution in [2.45, 2.75) is 6.92 Å². The number of carbonyl (C=O) groups excluding carboxylic acids is 1. The zero-order valence-corrected chi connectivity index (χ0v) is 12.3. The Bertz CT molecular complexity index is 645. The Morgan fingerprint density at radius 3 is 2.74 bits per heavy atom. The number of carbonyl (C=O) groups is 1. The fraction of sp³-hybridized carbons (Fsp3) is 0.0714. The standard InChI is InChI=1S/C14H10BrClFNO/c1-8-2-5-12(17)13(6-8)18-14(19)10-7-9(15)3-4-11(10)16/h2-7H,1H3,(H,18,19). The van der Waals surface area contributed by atoms with Crippen LogP contribution in [0.5, 0.6) is 0 Å². The second kappa shape index (κ2) is 5.72. The van der Waals surface area contributed by atoms with Gasteiger partial charge in [0, 0.05) is 4.47 Å². The minimum absolute atomic E-state index is 0.140. The van der Waals surface area contributed by atoms with Gasteiger partial charge in [-0.3, -0.25) is 4.79 Å². The fourth-order valence-corrected chi connectivity index (χ4v) is 2.16. The molecule has 2 nitrogen and oxygen atoms in total. The first-order chi connectivity index (χ1) is 8.97. The summed E-state index contributed by atoms with van der Waals surface area (Å²) in [5.41, 5.74) is 1.29. The number of rotatable bonds is 2. The van der Waals surface area contributed by atoms with Gasteiger partial charge in [0.05, 0.1) is 16.3 Å². The second-order valence-electron chi connectivity index (χ2n) is 4.06. The molecule has 0 fully saturated rings. The van der Waals surface area contributed by atoms with Gasteiger partial charge in [0.15, 0.2) is 0 Å². The number of hydrogen-bond acceptors (Lipinski definition) is 1. The molecule has 0 saturated carbocycles. The zero-order valence-electron chi connectivity index (χ0n) is 10.0. The lowest BCUT2D eigenvalue weighted by Gasteiger charge is -2.09. The van der Waals surface area contributed by atoms with Crippen LogP contribution >= 0.6 is 27.5 Å². The zero-order chi connectivity index (χ0) is 14.0. The van der Waals surface area contributed by atoms with Crippen molar-refractivity contribution in [3.63, 3.8) is 0 Å². The van der Waals surface area contributed by atoms with Crippen LogP contribution in [0.2, 0.25) is 5.02 Å². The third kappa shape index (κ3) is 3.33. The highest BCUT2D eigenvalue weighted by molar-refractivity contribution is 9.10. The van der Waals surface area contributed by atoms with Gasteiger partial charge in [-0.05, 0) is 42.8 Å². The van der Waals surface area contributed by atoms with Gasteiger partial charge in [-0.15, -0.1) is 0 Å². The van der Waals surface area contributed by atoms with E-state index in [4.69, 9.17) is 11.6 Å². The lowest BCUT2D eigenvalue weighted by Crippen LogP contribution is -2.13. The van der Waals surface area contributed by atoms with E-state index in [0.717, 1.165) is 10.0 Å². The highest BCUT2D eigenvalue weighted by Gasteiger charge is 2.13. The molecular formula is C14H10BrClFNO. The molecule has 0 atom stereocenters. The van der Waals surface area contributed by atoms with Gasteiger partial charge in [0.25, 0.3) is 5.91 Å². The summed E-state index contributed by atoms with van der Waals surface area (Å²) >= 11 is 9.22. The molecule has 0 bridgehead atoms. The number of anilines is 1. The predicted molar refractivity (Wildman–Crippen MR) is 78.2 cm³/mol. The van der Waals surface area contributed by atoms with E-state index in [9.17, 15) is 9.18 Å². The summed E-state index contributed by atoms with van der Waals surface area (Å²) < 4.78 is 14.3. The normalized spacial score (nSPS) is 10.3. The van der Waals surface area contributed by atoms with Crippen LogP contribution in [0.15, 0.2) is 40.9 Å². The molecule has 2 aromatic rings. The van der Waals surface area contributed by atoms with E-state index in [1.807, 2.05) is 6.92 Å². The van der Waals surface area contributed by atoms with Crippen molar-refractivity contribution in [3.8, 4) is 0 Å². The maximum atomic E-state index is 13.6. The van der Waals surface area contributed by atoms with Crippen molar-refractivity contribution in [2.75, 3.05) is 5.32 Å². The molecule has 0 aromatic heterocycles. The molecule has 5 heteroatoms. The Hall–Kier alpha value is -1.39. The van der Waals surface area contributed by atoms with Crippen LogP contribution in [0.4, 0.5) is 10.1 Å². The first-order valence-corrected chi connectivity index (χ1v) is 6.67. The summed E-state index contributed by atoms with van der Waals surface area (Å²) in [6, 6.07) is 9.44. The largest absolute Gasteiger partial charge is 0.319 e. The molecule has 98 valence electrons. The van der Waals surface area contributed by atoms with Gasteiger partial charge in [0.2, 0.25) is 0 Å². The SMILES string of the molecule is Cc1ccc(F)c(NC(=O)c2cc(Br)ccc2Cl)c1. The predicted octanol–water partition coefficient (Wildman–Crippen LogP) is 4.80. The number of hydrogen-bond donors (Lipinski definition) is 1. The molecule has 0 aliphatic carbocycles. The van der Waals surface area contributed by atoms with Crippen molar-refractivity contribution in [2.24, 2.45) is 0 Å². The van der Waals surface area contributed by atoms with E-state index in [1.165, 1.54) is 6.07 Å². The third-order valence-electron chi connectivity index (χ3n) is 2.54. The lowest BCUT2D eigenvalue weighted by molar-refractivity contribution is 0.102. The van der Waals surface area contributed by atoms with Crippen LogP contribution in [-0.2, 0) is 0 Å². The Morgan fingerprint density at radius 2 is 2.00 bits per heavy atom. The van der Waals surface area contributed by atoms with Gasteiger partial charge in [-0.25, -0.2) is 4.39 Å². The highest BCUT2D eigenvalue weighted by atomic mass is 79.9. The second-order valence-corrected chi connectivity index (χ2v) is 5.38. The summed E-state index contributed by atoms with van der Waals surface area (Å²) in [7, 11) is 0. The highest BCUT2D eigenvalue weighted by Crippen LogP contribution is 2.23. The van der Waals surface area contributed by atoms with E-state index in [1.54, 1.807) is 30.3 Å². The van der Waals surface area contributed by atoms with Crippen LogP contribution < -0.4 is 5.32 Å². The van der Waals surface area contributed by atoms with E-state index >= 15 is 0 Å². The van der Waals surface area contributed by atoms with Gasteiger partial charge < -0.3 is 5.32 Å². The molecule has 0 spiro atoms. The van der Waals surface area contributed by atoms with Crippen LogP contribution in [0, 0.1) is 12.7 Å². The number of halogens is 3. The van der Waals surface area contributed by atoms with Gasteiger partial charge in [0.1, 0.15) is 5.82 Å². The summed E-state index contributed by atoms with van der Waals surface area (Å²) in [6.07, 6.45) is 0. The number of nitrogens with one attached hydrogen (secondary N) is 1. The van der Waals surface area contributed by atoms with Gasteiger partial charge in [-0.1, -0.05) is 33.6 Å². The van der Waals surface area contributed by atoms with Crippen LogP contribution in [0.1, 0.15) is 15.9 Å². The quantitative estimate of drug-likeness (QED) is 0.834. The first-order valence-electron chi connectivity index (χ1n) is 5.50. The molecular weight excluding hydrogens is 333 g/mol. The van der Waals surface area contributed by atoms with Gasteiger partial charge >= 0.3 is 0 Å². The smallest absolute Gasteiger partial charge is 0.257 e. The van der Waals surface area contributed by atoms with E-state index in [0.29, 0.717) is 5.02 Å². The Kier molecular flexibility index (Phi) is 4.22. The van der Waals surface area contributed by atoms with Crippen molar-refractivity contribution in [1.29, 1.82) is 0 Å². The number of amides is 1. The maximum Gasteiger partial charge on any atom is 0.257 e. The molecule has 19 heavy (non-hydrogen) atoms. The van der Waals surface area contributed by atoms with Crippen molar-refractivity contribution in [3.05, 3.63) is 62.8 Å². The third-order valence-corrected chi connectivity index (χ3v) is 3.37. The molecule has 0 unspecified atom stereocenters. The van der Waals surface area contributed by atoms with E-state index in [-0.39, 0.29) is 11.3 Å². The Balaban J connectivity index is 2.30. The van der Waals surface area contributed by atoms with Crippen LogP contribution in [0.3, 0.4) is 0 Å². The number of aryl methyl sites for hydroxylation is 1. The molecule has 2 rings (SSSR count). The minimum Gasteiger partial charge on any atom is -0.319 e.